The number of amides is 2. The van der Waals surface area contributed by atoms with Crippen LogP contribution in [0.15, 0.2) is 30.3 Å². The largest absolute Gasteiger partial charge is 0.480 e. The Hall–Kier alpha value is -3.16. The second-order valence-electron chi connectivity index (χ2n) is 8.25. The number of carbonyl (C=O) groups excluding carboxylic acids is 2. The van der Waals surface area contributed by atoms with Crippen molar-refractivity contribution in [3.8, 4) is 11.8 Å². The molecule has 2 aliphatic rings. The second-order valence-corrected chi connectivity index (χ2v) is 8.25. The normalized spacial score (nSPS) is 21.3. The van der Waals surface area contributed by atoms with Gasteiger partial charge >= 0.3 is 0 Å². The van der Waals surface area contributed by atoms with Crippen LogP contribution in [0.3, 0.4) is 0 Å². The van der Waals surface area contributed by atoms with Crippen LogP contribution in [-0.2, 0) is 9.59 Å². The molecule has 2 fully saturated rings. The Kier molecular flexibility index (Phi) is 6.06. The number of hydrogen-bond donors (Lipinski definition) is 0. The number of rotatable bonds is 5. The number of methoxy groups -OCH3 is 1. The molecule has 0 saturated carbocycles. The van der Waals surface area contributed by atoms with Crippen LogP contribution in [0.5, 0.6) is 11.8 Å². The first-order chi connectivity index (χ1) is 14.9. The number of anilines is 1. The van der Waals surface area contributed by atoms with Gasteiger partial charge in [-0.1, -0.05) is 6.07 Å². The van der Waals surface area contributed by atoms with Crippen molar-refractivity contribution in [3.05, 3.63) is 41.5 Å². The molecule has 0 N–H and O–H groups in total. The number of piperidine rings is 1. The molecule has 2 saturated heterocycles. The molecule has 0 radical (unpaired) electrons. The Bertz CT molecular complexity index is 963. The fraction of sp³-hybridized carbons (Fsp3) is 0.478. The lowest BCUT2D eigenvalue weighted by atomic mass is 10.0. The zero-order chi connectivity index (χ0) is 22.0. The zero-order valence-electron chi connectivity index (χ0n) is 18.2. The van der Waals surface area contributed by atoms with E-state index in [1.807, 2.05) is 36.9 Å². The minimum atomic E-state index is -0.325. The summed E-state index contributed by atoms with van der Waals surface area (Å²) in [6.45, 7) is 5.67. The third-order valence-electron chi connectivity index (χ3n) is 6.08. The van der Waals surface area contributed by atoms with Gasteiger partial charge in [-0.05, 0) is 49.9 Å². The van der Waals surface area contributed by atoms with Crippen LogP contribution in [-0.4, -0.2) is 59.8 Å². The van der Waals surface area contributed by atoms with Gasteiger partial charge in [-0.3, -0.25) is 9.59 Å². The molecule has 1 aromatic heterocycles. The molecule has 8 heteroatoms. The Morgan fingerprint density at radius 3 is 2.55 bits per heavy atom. The summed E-state index contributed by atoms with van der Waals surface area (Å²) in [5.41, 5.74) is 3.18. The third-order valence-corrected chi connectivity index (χ3v) is 6.08. The minimum absolute atomic E-state index is 0.0000743. The van der Waals surface area contributed by atoms with Gasteiger partial charge < -0.3 is 19.3 Å². The minimum Gasteiger partial charge on any atom is -0.480 e. The number of carbonyl (C=O) groups is 2. The molecular weight excluding hydrogens is 396 g/mol. The molecule has 164 valence electrons. The first-order valence-electron chi connectivity index (χ1n) is 10.7. The molecule has 2 aliphatic heterocycles. The van der Waals surface area contributed by atoms with Gasteiger partial charge in [0.25, 0.3) is 0 Å². The fourth-order valence-corrected chi connectivity index (χ4v) is 4.16. The number of likely N-dealkylation sites (tertiary alicyclic amines) is 1. The molecule has 2 amide bonds. The highest BCUT2D eigenvalue weighted by molar-refractivity contribution is 6.00. The Morgan fingerprint density at radius 2 is 1.84 bits per heavy atom. The van der Waals surface area contributed by atoms with Crippen molar-refractivity contribution < 1.29 is 19.1 Å². The predicted molar refractivity (Wildman–Crippen MR) is 115 cm³/mol. The number of aromatic nitrogens is 2. The molecule has 1 aromatic carbocycles. The molecular formula is C23H28N4O4. The van der Waals surface area contributed by atoms with Crippen LogP contribution < -0.4 is 14.4 Å². The number of benzene rings is 1. The van der Waals surface area contributed by atoms with Gasteiger partial charge in [0.2, 0.25) is 23.6 Å². The van der Waals surface area contributed by atoms with Crippen LogP contribution >= 0.6 is 0 Å². The van der Waals surface area contributed by atoms with Crippen molar-refractivity contribution >= 4 is 17.5 Å². The molecule has 2 atom stereocenters. The summed E-state index contributed by atoms with van der Waals surface area (Å²) < 4.78 is 10.9. The van der Waals surface area contributed by atoms with E-state index in [9.17, 15) is 9.59 Å². The fourth-order valence-electron chi connectivity index (χ4n) is 4.16. The summed E-state index contributed by atoms with van der Waals surface area (Å²) in [7, 11) is 1.53. The summed E-state index contributed by atoms with van der Waals surface area (Å²) in [6.07, 6.45) is 1.79. The molecule has 3 heterocycles. The van der Waals surface area contributed by atoms with Gasteiger partial charge in [-0.25, -0.2) is 0 Å². The van der Waals surface area contributed by atoms with E-state index in [0.29, 0.717) is 31.4 Å². The van der Waals surface area contributed by atoms with Gasteiger partial charge in [0.1, 0.15) is 6.10 Å². The first-order valence-corrected chi connectivity index (χ1v) is 10.7. The standard InChI is InChI=1S/C23H28N4O4/c1-15-6-7-18(11-16(15)2)27-13-17(12-22(27)28)23(29)26-10-4-5-19(14-26)31-21-9-8-20(30-3)24-25-21/h6-9,11,17,19H,4-5,10,12-14H2,1-3H3. The molecule has 0 bridgehead atoms. The van der Waals surface area contributed by atoms with Crippen molar-refractivity contribution in [1.29, 1.82) is 0 Å². The van der Waals surface area contributed by atoms with E-state index in [1.54, 1.807) is 17.0 Å². The monoisotopic (exact) mass is 424 g/mol. The van der Waals surface area contributed by atoms with Gasteiger partial charge in [0, 0.05) is 37.3 Å². The van der Waals surface area contributed by atoms with E-state index in [2.05, 4.69) is 10.2 Å². The SMILES string of the molecule is COc1ccc(OC2CCCN(C(=O)C3CC(=O)N(c4ccc(C)c(C)c4)C3)C2)nn1. The van der Waals surface area contributed by atoms with Gasteiger partial charge in [0.05, 0.1) is 19.6 Å². The van der Waals surface area contributed by atoms with E-state index in [1.165, 1.54) is 12.7 Å². The quantitative estimate of drug-likeness (QED) is 0.733. The average molecular weight is 425 g/mol. The van der Waals surface area contributed by atoms with Crippen LogP contribution in [0.1, 0.15) is 30.4 Å². The molecule has 4 rings (SSSR count). The second kappa shape index (κ2) is 8.91. The van der Waals surface area contributed by atoms with Gasteiger partial charge in [-0.2, -0.15) is 0 Å². The lowest BCUT2D eigenvalue weighted by molar-refractivity contribution is -0.138. The molecule has 2 aromatic rings. The molecule has 2 unspecified atom stereocenters. The number of ether oxygens (including phenoxy) is 2. The van der Waals surface area contributed by atoms with Crippen molar-refractivity contribution in [1.82, 2.24) is 15.1 Å². The predicted octanol–water partition coefficient (Wildman–Crippen LogP) is 2.52. The zero-order valence-corrected chi connectivity index (χ0v) is 18.2. The summed E-state index contributed by atoms with van der Waals surface area (Å²) in [4.78, 5) is 29.4. The van der Waals surface area contributed by atoms with E-state index in [4.69, 9.17) is 9.47 Å². The highest BCUT2D eigenvalue weighted by Crippen LogP contribution is 2.29. The number of aryl methyl sites for hydroxylation is 2. The van der Waals surface area contributed by atoms with Crippen LogP contribution in [0.25, 0.3) is 0 Å². The van der Waals surface area contributed by atoms with E-state index >= 15 is 0 Å². The van der Waals surface area contributed by atoms with Crippen molar-refractivity contribution in [2.45, 2.75) is 39.2 Å². The topological polar surface area (TPSA) is 84.9 Å². The van der Waals surface area contributed by atoms with E-state index in [0.717, 1.165) is 24.1 Å². The molecule has 0 spiro atoms. The average Bonchev–Trinajstić information content (AvgIpc) is 3.17. The van der Waals surface area contributed by atoms with Crippen molar-refractivity contribution in [2.24, 2.45) is 5.92 Å². The Labute approximate surface area is 182 Å². The van der Waals surface area contributed by atoms with Crippen LogP contribution in [0.2, 0.25) is 0 Å². The number of hydrogen-bond acceptors (Lipinski definition) is 6. The summed E-state index contributed by atoms with van der Waals surface area (Å²) >= 11 is 0. The highest BCUT2D eigenvalue weighted by atomic mass is 16.5. The Morgan fingerprint density at radius 1 is 1.06 bits per heavy atom. The molecule has 0 aliphatic carbocycles. The van der Waals surface area contributed by atoms with Crippen molar-refractivity contribution in [3.63, 3.8) is 0 Å². The number of nitrogens with zero attached hydrogens (tertiary/aromatic N) is 4. The highest BCUT2D eigenvalue weighted by Gasteiger charge is 2.38. The summed E-state index contributed by atoms with van der Waals surface area (Å²) in [6, 6.07) is 9.39. The summed E-state index contributed by atoms with van der Waals surface area (Å²) in [5.74, 6) is 0.534. The third kappa shape index (κ3) is 4.62. The summed E-state index contributed by atoms with van der Waals surface area (Å²) in [5, 5.41) is 7.92. The first kappa shape index (κ1) is 21.1. The van der Waals surface area contributed by atoms with Crippen LogP contribution in [0.4, 0.5) is 5.69 Å². The van der Waals surface area contributed by atoms with E-state index in [-0.39, 0.29) is 30.3 Å². The molecule has 31 heavy (non-hydrogen) atoms. The van der Waals surface area contributed by atoms with Crippen molar-refractivity contribution in [2.75, 3.05) is 31.6 Å². The lowest BCUT2D eigenvalue weighted by Crippen LogP contribution is -2.47. The van der Waals surface area contributed by atoms with E-state index < -0.39 is 0 Å². The maximum absolute atomic E-state index is 13.2. The van der Waals surface area contributed by atoms with Gasteiger partial charge in [-0.15, -0.1) is 10.2 Å². The maximum atomic E-state index is 13.2. The van der Waals surface area contributed by atoms with Crippen LogP contribution in [0, 0.1) is 19.8 Å². The lowest BCUT2D eigenvalue weighted by Gasteiger charge is -2.34. The molecule has 8 nitrogen and oxygen atoms in total. The van der Waals surface area contributed by atoms with Gasteiger partial charge in [0.15, 0.2) is 0 Å². The Balaban J connectivity index is 1.38. The smallest absolute Gasteiger partial charge is 0.233 e. The maximum Gasteiger partial charge on any atom is 0.233 e.